The Labute approximate surface area is 112 Å². The number of aromatic nitrogens is 1. The molecule has 1 N–H and O–H groups in total. The number of hydrogen-bond donors (Lipinski definition) is 1. The maximum atomic E-state index is 11.2. The van der Waals surface area contributed by atoms with Crippen LogP contribution in [0.25, 0.3) is 11.3 Å². The van der Waals surface area contributed by atoms with E-state index in [0.717, 1.165) is 17.5 Å². The van der Waals surface area contributed by atoms with Crippen LogP contribution >= 0.6 is 0 Å². The van der Waals surface area contributed by atoms with E-state index in [2.05, 4.69) is 10.8 Å². The Kier molecular flexibility index (Phi) is 3.32. The molecule has 0 aliphatic carbocycles. The summed E-state index contributed by atoms with van der Waals surface area (Å²) in [6, 6.07) is 12.7. The van der Waals surface area contributed by atoms with Crippen LogP contribution < -0.4 is 4.72 Å². The number of nitrogens with zero attached hydrogens (tertiary/aromatic N) is 2. The lowest BCUT2D eigenvalue weighted by Crippen LogP contribution is -2.09. The average Bonchev–Trinajstić information content (AvgIpc) is 2.68. The minimum absolute atomic E-state index is 0.500. The third-order valence-corrected chi connectivity index (χ3v) is 3.30. The lowest BCUT2D eigenvalue weighted by atomic mass is 10.1. The number of nitriles is 1. The normalized spacial score (nSPS) is 11.0. The summed E-state index contributed by atoms with van der Waals surface area (Å²) in [6.07, 6.45) is 1.11. The van der Waals surface area contributed by atoms with Crippen molar-refractivity contribution in [2.75, 3.05) is 11.0 Å². The highest BCUT2D eigenvalue weighted by Crippen LogP contribution is 2.24. The van der Waals surface area contributed by atoms with Crippen LogP contribution in [0.15, 0.2) is 36.4 Å². The fourth-order valence-electron chi connectivity index (χ4n) is 1.87. The van der Waals surface area contributed by atoms with Gasteiger partial charge < -0.3 is 4.57 Å². The molecule has 0 amide bonds. The SMILES string of the molecule is Cn1c(C#N)ccc1-c1cccc(NS(C)(=O)=O)c1. The fourth-order valence-corrected chi connectivity index (χ4v) is 2.42. The van der Waals surface area contributed by atoms with E-state index in [1.807, 2.05) is 12.1 Å². The molecule has 1 aromatic carbocycles. The van der Waals surface area contributed by atoms with Crippen molar-refractivity contribution in [2.24, 2.45) is 7.05 Å². The molecule has 0 radical (unpaired) electrons. The Hall–Kier alpha value is -2.26. The first kappa shape index (κ1) is 13.2. The van der Waals surface area contributed by atoms with Crippen LogP contribution in [0.3, 0.4) is 0 Å². The lowest BCUT2D eigenvalue weighted by Gasteiger charge is -2.08. The second-order valence-corrected chi connectivity index (χ2v) is 5.98. The van der Waals surface area contributed by atoms with Gasteiger partial charge in [-0.25, -0.2) is 8.42 Å². The van der Waals surface area contributed by atoms with Gasteiger partial charge in [0.05, 0.1) is 6.26 Å². The minimum atomic E-state index is -3.29. The highest BCUT2D eigenvalue weighted by atomic mass is 32.2. The molecule has 0 spiro atoms. The largest absolute Gasteiger partial charge is 0.335 e. The number of benzene rings is 1. The summed E-state index contributed by atoms with van der Waals surface area (Å²) in [5.74, 6) is 0. The van der Waals surface area contributed by atoms with E-state index in [9.17, 15) is 8.42 Å². The topological polar surface area (TPSA) is 74.9 Å². The van der Waals surface area contributed by atoms with E-state index < -0.39 is 10.0 Å². The van der Waals surface area contributed by atoms with Gasteiger partial charge in [0.2, 0.25) is 10.0 Å². The highest BCUT2D eigenvalue weighted by Gasteiger charge is 2.08. The van der Waals surface area contributed by atoms with Crippen molar-refractivity contribution in [1.29, 1.82) is 5.26 Å². The molecule has 6 heteroatoms. The summed E-state index contributed by atoms with van der Waals surface area (Å²) >= 11 is 0. The maximum absolute atomic E-state index is 11.2. The molecule has 19 heavy (non-hydrogen) atoms. The van der Waals surface area contributed by atoms with Crippen LogP contribution in [-0.4, -0.2) is 19.2 Å². The van der Waals surface area contributed by atoms with Gasteiger partial charge in [0.25, 0.3) is 0 Å². The Morgan fingerprint density at radius 2 is 2.00 bits per heavy atom. The van der Waals surface area contributed by atoms with Crippen LogP contribution in [0, 0.1) is 11.3 Å². The zero-order valence-electron chi connectivity index (χ0n) is 10.6. The molecule has 1 heterocycles. The molecular weight excluding hydrogens is 262 g/mol. The Bertz CT molecular complexity index is 754. The Morgan fingerprint density at radius 3 is 2.58 bits per heavy atom. The van der Waals surface area contributed by atoms with Crippen molar-refractivity contribution in [3.63, 3.8) is 0 Å². The number of hydrogen-bond acceptors (Lipinski definition) is 3. The number of nitrogens with one attached hydrogen (secondary N) is 1. The van der Waals surface area contributed by atoms with Gasteiger partial charge in [0, 0.05) is 24.0 Å². The van der Waals surface area contributed by atoms with Gasteiger partial charge in [0.15, 0.2) is 0 Å². The molecule has 98 valence electrons. The highest BCUT2D eigenvalue weighted by molar-refractivity contribution is 7.92. The molecule has 0 aliphatic heterocycles. The molecule has 0 saturated heterocycles. The zero-order valence-corrected chi connectivity index (χ0v) is 11.4. The summed E-state index contributed by atoms with van der Waals surface area (Å²) in [4.78, 5) is 0. The quantitative estimate of drug-likeness (QED) is 0.930. The molecule has 0 unspecified atom stereocenters. The van der Waals surface area contributed by atoms with Gasteiger partial charge in [-0.05, 0) is 24.3 Å². The molecular formula is C13H13N3O2S. The van der Waals surface area contributed by atoms with E-state index in [-0.39, 0.29) is 0 Å². The van der Waals surface area contributed by atoms with Crippen molar-refractivity contribution in [2.45, 2.75) is 0 Å². The maximum Gasteiger partial charge on any atom is 0.229 e. The van der Waals surface area contributed by atoms with Crippen molar-refractivity contribution < 1.29 is 8.42 Å². The standard InChI is InChI=1S/C13H13N3O2S/c1-16-12(9-14)6-7-13(16)10-4-3-5-11(8-10)15-19(2,17)18/h3-8,15H,1-2H3. The number of sulfonamides is 1. The van der Waals surface area contributed by atoms with Crippen molar-refractivity contribution in [3.05, 3.63) is 42.1 Å². The van der Waals surface area contributed by atoms with Crippen molar-refractivity contribution >= 4 is 15.7 Å². The summed E-state index contributed by atoms with van der Waals surface area (Å²) < 4.78 is 26.6. The van der Waals surface area contributed by atoms with E-state index in [1.54, 1.807) is 35.9 Å². The van der Waals surface area contributed by atoms with Gasteiger partial charge in [-0.3, -0.25) is 4.72 Å². The van der Waals surface area contributed by atoms with Gasteiger partial charge in [-0.15, -0.1) is 0 Å². The molecule has 0 fully saturated rings. The average molecular weight is 275 g/mol. The van der Waals surface area contributed by atoms with Crippen molar-refractivity contribution in [3.8, 4) is 17.3 Å². The van der Waals surface area contributed by atoms with Crippen LogP contribution in [0.1, 0.15) is 5.69 Å². The smallest absolute Gasteiger partial charge is 0.229 e. The summed E-state index contributed by atoms with van der Waals surface area (Å²) in [5.41, 5.74) is 2.75. The van der Waals surface area contributed by atoms with Gasteiger partial charge in [0.1, 0.15) is 11.8 Å². The number of anilines is 1. The first-order valence-corrected chi connectivity index (χ1v) is 7.44. The summed E-state index contributed by atoms with van der Waals surface area (Å²) in [7, 11) is -1.50. The third kappa shape index (κ3) is 2.95. The Balaban J connectivity index is 2.44. The summed E-state index contributed by atoms with van der Waals surface area (Å²) in [6.45, 7) is 0. The lowest BCUT2D eigenvalue weighted by molar-refractivity contribution is 0.607. The molecule has 2 aromatic rings. The minimum Gasteiger partial charge on any atom is -0.335 e. The summed E-state index contributed by atoms with van der Waals surface area (Å²) in [5, 5.41) is 8.92. The number of rotatable bonds is 3. The van der Waals surface area contributed by atoms with E-state index >= 15 is 0 Å². The second-order valence-electron chi connectivity index (χ2n) is 4.23. The van der Waals surface area contributed by atoms with Gasteiger partial charge in [-0.2, -0.15) is 5.26 Å². The predicted octanol–water partition coefficient (Wildman–Crippen LogP) is 1.94. The molecule has 0 atom stereocenters. The molecule has 0 aliphatic rings. The monoisotopic (exact) mass is 275 g/mol. The predicted molar refractivity (Wildman–Crippen MR) is 74.0 cm³/mol. The van der Waals surface area contributed by atoms with E-state index in [4.69, 9.17) is 5.26 Å². The van der Waals surface area contributed by atoms with E-state index in [1.165, 1.54) is 0 Å². The van der Waals surface area contributed by atoms with Gasteiger partial charge >= 0.3 is 0 Å². The first-order valence-electron chi connectivity index (χ1n) is 5.55. The van der Waals surface area contributed by atoms with Crippen LogP contribution in [0.5, 0.6) is 0 Å². The van der Waals surface area contributed by atoms with E-state index in [0.29, 0.717) is 11.4 Å². The van der Waals surface area contributed by atoms with Crippen LogP contribution in [0.4, 0.5) is 5.69 Å². The zero-order chi connectivity index (χ0) is 14.0. The Morgan fingerprint density at radius 1 is 1.26 bits per heavy atom. The molecule has 0 bridgehead atoms. The van der Waals surface area contributed by atoms with Crippen LogP contribution in [0.2, 0.25) is 0 Å². The van der Waals surface area contributed by atoms with Gasteiger partial charge in [-0.1, -0.05) is 12.1 Å². The van der Waals surface area contributed by atoms with Crippen molar-refractivity contribution in [1.82, 2.24) is 4.57 Å². The molecule has 0 saturated carbocycles. The molecule has 1 aromatic heterocycles. The first-order chi connectivity index (χ1) is 8.90. The van der Waals surface area contributed by atoms with Crippen LogP contribution in [-0.2, 0) is 17.1 Å². The third-order valence-electron chi connectivity index (χ3n) is 2.70. The molecule has 2 rings (SSSR count). The second kappa shape index (κ2) is 4.78. The molecule has 5 nitrogen and oxygen atoms in total. The fraction of sp³-hybridized carbons (Fsp3) is 0.154.